The first kappa shape index (κ1) is 28.3. The summed E-state index contributed by atoms with van der Waals surface area (Å²) in [5, 5.41) is 20.5. The van der Waals surface area contributed by atoms with E-state index in [2.05, 4.69) is 9.71 Å². The summed E-state index contributed by atoms with van der Waals surface area (Å²) in [7, 11) is -4.11. The molecule has 0 spiro atoms. The lowest BCUT2D eigenvalue weighted by Crippen LogP contribution is -2.43. The van der Waals surface area contributed by atoms with Gasteiger partial charge in [0.2, 0.25) is 0 Å². The maximum Gasteiger partial charge on any atom is 0.417 e. The SMILES string of the molecule is N#Cc1cc(NS(=O)(=O)c2ccc(Cl)cc2Cl)cnc1N1CCC(O)(c2ccc(Cl)c(C(F)(F)F)c2)CC1. The molecule has 200 valence electrons. The molecule has 1 saturated heterocycles. The van der Waals surface area contributed by atoms with E-state index in [9.17, 15) is 32.0 Å². The number of anilines is 2. The summed E-state index contributed by atoms with van der Waals surface area (Å²) in [6.07, 6.45) is -3.32. The molecule has 1 aliphatic rings. The molecule has 4 rings (SSSR count). The van der Waals surface area contributed by atoms with Crippen molar-refractivity contribution in [1.29, 1.82) is 5.26 Å². The average molecular weight is 606 g/mol. The maximum atomic E-state index is 13.3. The van der Waals surface area contributed by atoms with E-state index in [-0.39, 0.29) is 63.5 Å². The van der Waals surface area contributed by atoms with Gasteiger partial charge in [0.15, 0.2) is 0 Å². The van der Waals surface area contributed by atoms with Gasteiger partial charge in [0, 0.05) is 18.1 Å². The fraction of sp³-hybridized carbons (Fsp3) is 0.250. The standard InChI is InChI=1S/C24H18Cl3F3N4O3S/c25-16-2-4-21(20(27)11-16)38(36,37)33-17-9-14(12-31)22(32-13-17)34-7-5-23(35,6-8-34)15-1-3-19(26)18(10-15)24(28,29)30/h1-4,9-11,13,33,35H,5-8H2. The number of halogens is 6. The van der Waals surface area contributed by atoms with Crippen molar-refractivity contribution in [2.45, 2.75) is 29.5 Å². The van der Waals surface area contributed by atoms with Gasteiger partial charge in [0.25, 0.3) is 10.0 Å². The summed E-state index contributed by atoms with van der Waals surface area (Å²) in [6, 6.07) is 10.5. The number of hydrogen-bond acceptors (Lipinski definition) is 6. The quantitative estimate of drug-likeness (QED) is 0.358. The van der Waals surface area contributed by atoms with Crippen LogP contribution < -0.4 is 9.62 Å². The molecule has 7 nitrogen and oxygen atoms in total. The number of nitriles is 1. The van der Waals surface area contributed by atoms with Gasteiger partial charge in [-0.05, 0) is 54.8 Å². The Morgan fingerprint density at radius 1 is 1.05 bits per heavy atom. The molecule has 0 atom stereocenters. The Hall–Kier alpha value is -2.75. The average Bonchev–Trinajstić information content (AvgIpc) is 2.83. The zero-order chi connectivity index (χ0) is 27.9. The van der Waals surface area contributed by atoms with E-state index in [0.29, 0.717) is 0 Å². The minimum Gasteiger partial charge on any atom is -0.385 e. The predicted molar refractivity (Wildman–Crippen MR) is 138 cm³/mol. The van der Waals surface area contributed by atoms with Crippen molar-refractivity contribution < 1.29 is 26.7 Å². The Kier molecular flexibility index (Phi) is 7.76. The lowest BCUT2D eigenvalue weighted by molar-refractivity contribution is -0.137. The molecule has 0 amide bonds. The minimum absolute atomic E-state index is 0.0191. The highest BCUT2D eigenvalue weighted by Gasteiger charge is 2.39. The summed E-state index contributed by atoms with van der Waals surface area (Å²) in [6.45, 7) is 0.348. The summed E-state index contributed by atoms with van der Waals surface area (Å²) >= 11 is 17.5. The second-order valence-corrected chi connectivity index (χ2v) is 11.5. The van der Waals surface area contributed by atoms with Crippen LogP contribution in [0.5, 0.6) is 0 Å². The van der Waals surface area contributed by atoms with Crippen LogP contribution in [0.25, 0.3) is 0 Å². The molecule has 0 aliphatic carbocycles. The Balaban J connectivity index is 1.53. The second kappa shape index (κ2) is 10.4. The van der Waals surface area contributed by atoms with Crippen molar-refractivity contribution in [2.75, 3.05) is 22.7 Å². The van der Waals surface area contributed by atoms with Gasteiger partial charge in [-0.15, -0.1) is 0 Å². The van der Waals surface area contributed by atoms with Crippen LogP contribution in [0.15, 0.2) is 53.6 Å². The fourth-order valence-corrected chi connectivity index (χ4v) is 6.19. The zero-order valence-corrected chi connectivity index (χ0v) is 22.3. The number of benzene rings is 2. The second-order valence-electron chi connectivity index (χ2n) is 8.60. The van der Waals surface area contributed by atoms with Crippen molar-refractivity contribution in [3.05, 3.63) is 80.4 Å². The third-order valence-electron chi connectivity index (χ3n) is 6.12. The number of rotatable bonds is 5. The molecule has 1 fully saturated rings. The summed E-state index contributed by atoms with van der Waals surface area (Å²) in [4.78, 5) is 5.73. The van der Waals surface area contributed by atoms with Gasteiger partial charge < -0.3 is 10.0 Å². The molecular formula is C24H18Cl3F3N4O3S. The van der Waals surface area contributed by atoms with E-state index in [1.165, 1.54) is 36.5 Å². The minimum atomic E-state index is -4.67. The largest absolute Gasteiger partial charge is 0.417 e. The number of nitrogens with zero attached hydrogens (tertiary/aromatic N) is 3. The van der Waals surface area contributed by atoms with Gasteiger partial charge >= 0.3 is 6.18 Å². The van der Waals surface area contributed by atoms with Crippen molar-refractivity contribution >= 4 is 56.3 Å². The van der Waals surface area contributed by atoms with E-state index in [1.807, 2.05) is 6.07 Å². The van der Waals surface area contributed by atoms with Crippen molar-refractivity contribution in [3.8, 4) is 6.07 Å². The van der Waals surface area contributed by atoms with Gasteiger partial charge in [-0.2, -0.15) is 18.4 Å². The Morgan fingerprint density at radius 3 is 2.34 bits per heavy atom. The maximum absolute atomic E-state index is 13.3. The van der Waals surface area contributed by atoms with Crippen molar-refractivity contribution in [2.24, 2.45) is 0 Å². The topological polar surface area (TPSA) is 106 Å². The van der Waals surface area contributed by atoms with E-state index in [0.717, 1.165) is 12.1 Å². The van der Waals surface area contributed by atoms with E-state index < -0.39 is 32.4 Å². The lowest BCUT2D eigenvalue weighted by Gasteiger charge is -2.39. The van der Waals surface area contributed by atoms with Crippen LogP contribution in [0.1, 0.15) is 29.5 Å². The fourth-order valence-electron chi connectivity index (χ4n) is 4.16. The van der Waals surface area contributed by atoms with Gasteiger partial charge in [0.05, 0.1) is 38.7 Å². The molecule has 1 aliphatic heterocycles. The first-order valence-electron chi connectivity index (χ1n) is 11.0. The Labute approximate surface area is 231 Å². The van der Waals surface area contributed by atoms with Crippen LogP contribution in [0, 0.1) is 11.3 Å². The van der Waals surface area contributed by atoms with Crippen LogP contribution in [0.4, 0.5) is 24.7 Å². The number of hydrogen-bond donors (Lipinski definition) is 2. The molecule has 14 heteroatoms. The van der Waals surface area contributed by atoms with E-state index in [1.54, 1.807) is 4.90 Å². The van der Waals surface area contributed by atoms with Gasteiger partial charge in [-0.1, -0.05) is 40.9 Å². The molecular weight excluding hydrogens is 588 g/mol. The highest BCUT2D eigenvalue weighted by molar-refractivity contribution is 7.92. The number of pyridine rings is 1. The van der Waals surface area contributed by atoms with Crippen LogP contribution in [-0.2, 0) is 21.8 Å². The first-order valence-corrected chi connectivity index (χ1v) is 13.6. The number of piperidine rings is 1. The Morgan fingerprint density at radius 2 is 1.74 bits per heavy atom. The van der Waals surface area contributed by atoms with E-state index >= 15 is 0 Å². The van der Waals surface area contributed by atoms with E-state index in [4.69, 9.17) is 34.8 Å². The van der Waals surface area contributed by atoms with Crippen LogP contribution in [-0.4, -0.2) is 31.6 Å². The van der Waals surface area contributed by atoms with Crippen molar-refractivity contribution in [3.63, 3.8) is 0 Å². The molecule has 3 aromatic rings. The molecule has 0 unspecified atom stereocenters. The summed E-state index contributed by atoms with van der Waals surface area (Å²) < 4.78 is 67.7. The number of aromatic nitrogens is 1. The molecule has 2 aromatic carbocycles. The molecule has 0 saturated carbocycles. The summed E-state index contributed by atoms with van der Waals surface area (Å²) in [5.41, 5.74) is -2.40. The predicted octanol–water partition coefficient (Wildman–Crippen LogP) is 6.22. The highest BCUT2D eigenvalue weighted by atomic mass is 35.5. The van der Waals surface area contributed by atoms with Gasteiger partial charge in [-0.25, -0.2) is 13.4 Å². The molecule has 2 N–H and O–H groups in total. The third-order valence-corrected chi connectivity index (χ3v) is 8.55. The monoisotopic (exact) mass is 604 g/mol. The molecule has 0 bridgehead atoms. The normalized spacial score (nSPS) is 15.7. The highest BCUT2D eigenvalue weighted by Crippen LogP contribution is 2.40. The first-order chi connectivity index (χ1) is 17.7. The van der Waals surface area contributed by atoms with Crippen molar-refractivity contribution in [1.82, 2.24) is 4.98 Å². The Bertz CT molecular complexity index is 1540. The number of sulfonamides is 1. The van der Waals surface area contributed by atoms with Gasteiger partial charge in [0.1, 0.15) is 16.8 Å². The number of alkyl halides is 3. The molecule has 2 heterocycles. The zero-order valence-electron chi connectivity index (χ0n) is 19.2. The smallest absolute Gasteiger partial charge is 0.385 e. The third kappa shape index (κ3) is 5.80. The number of aliphatic hydroxyl groups is 1. The molecule has 38 heavy (non-hydrogen) atoms. The van der Waals surface area contributed by atoms with Crippen LogP contribution >= 0.6 is 34.8 Å². The molecule has 0 radical (unpaired) electrons. The number of nitrogens with one attached hydrogen (secondary N) is 1. The van der Waals surface area contributed by atoms with Crippen LogP contribution in [0.2, 0.25) is 15.1 Å². The van der Waals surface area contributed by atoms with Gasteiger partial charge in [-0.3, -0.25) is 4.72 Å². The summed E-state index contributed by atoms with van der Waals surface area (Å²) in [5.74, 6) is 0.245. The lowest BCUT2D eigenvalue weighted by atomic mass is 9.83. The van der Waals surface area contributed by atoms with Crippen LogP contribution in [0.3, 0.4) is 0 Å². The molecule has 1 aromatic heterocycles.